The van der Waals surface area contributed by atoms with Crippen molar-refractivity contribution in [3.05, 3.63) is 22.2 Å². The number of anilines is 2. The van der Waals surface area contributed by atoms with Gasteiger partial charge in [-0.25, -0.2) is 0 Å². The van der Waals surface area contributed by atoms with E-state index in [1.165, 1.54) is 0 Å². The maximum Gasteiger partial charge on any atom is 0.238 e. The molecule has 0 radical (unpaired) electrons. The largest absolute Gasteiger partial charge is 0.323 e. The van der Waals surface area contributed by atoms with Crippen molar-refractivity contribution in [3.8, 4) is 0 Å². The lowest BCUT2D eigenvalue weighted by Gasteiger charge is -2.18. The molecule has 0 aliphatic carbocycles. The molecular formula is C15H20Cl2N4O2. The molecule has 2 rings (SSSR count). The molecule has 0 atom stereocenters. The Morgan fingerprint density at radius 2 is 1.26 bits per heavy atom. The second-order valence-corrected chi connectivity index (χ2v) is 6.55. The van der Waals surface area contributed by atoms with Gasteiger partial charge >= 0.3 is 0 Å². The van der Waals surface area contributed by atoms with E-state index in [1.807, 2.05) is 23.9 Å². The van der Waals surface area contributed by atoms with Crippen LogP contribution in [0.4, 0.5) is 11.4 Å². The van der Waals surface area contributed by atoms with Crippen LogP contribution in [0.15, 0.2) is 12.1 Å². The van der Waals surface area contributed by atoms with Gasteiger partial charge in [-0.3, -0.25) is 19.4 Å². The summed E-state index contributed by atoms with van der Waals surface area (Å²) in [7, 11) is 3.77. The minimum absolute atomic E-state index is 0.172. The summed E-state index contributed by atoms with van der Waals surface area (Å²) in [5.41, 5.74) is 0.876. The highest BCUT2D eigenvalue weighted by Crippen LogP contribution is 2.32. The smallest absolute Gasteiger partial charge is 0.238 e. The van der Waals surface area contributed by atoms with E-state index < -0.39 is 0 Å². The van der Waals surface area contributed by atoms with Gasteiger partial charge in [-0.15, -0.1) is 0 Å². The summed E-state index contributed by atoms with van der Waals surface area (Å²) in [4.78, 5) is 28.2. The molecule has 1 aromatic rings. The molecule has 2 amide bonds. The standard InChI is InChI=1S/C15H20Cl2N4O2/c1-20-4-3-5-21(2)9-15(23)19-13-7-11(17)10(16)6-12(13)18-14(22)8-20/h6-7H,3-5,8-9H2,1-2H3,(H,18,22)(H,19,23). The van der Waals surface area contributed by atoms with E-state index in [1.54, 1.807) is 12.1 Å². The Morgan fingerprint density at radius 3 is 1.65 bits per heavy atom. The van der Waals surface area contributed by atoms with E-state index in [4.69, 9.17) is 23.2 Å². The van der Waals surface area contributed by atoms with Gasteiger partial charge in [0.05, 0.1) is 34.5 Å². The third-order valence-corrected chi connectivity index (χ3v) is 4.24. The minimum Gasteiger partial charge on any atom is -0.323 e. The van der Waals surface area contributed by atoms with Gasteiger partial charge in [-0.2, -0.15) is 0 Å². The quantitative estimate of drug-likeness (QED) is 0.745. The predicted molar refractivity (Wildman–Crippen MR) is 93.3 cm³/mol. The topological polar surface area (TPSA) is 64.7 Å². The number of amides is 2. The van der Waals surface area contributed by atoms with Crippen molar-refractivity contribution >= 4 is 46.4 Å². The van der Waals surface area contributed by atoms with E-state index in [0.29, 0.717) is 21.4 Å². The number of carbonyl (C=O) groups excluding carboxylic acids is 2. The van der Waals surface area contributed by atoms with Gasteiger partial charge in [0.25, 0.3) is 0 Å². The van der Waals surface area contributed by atoms with Crippen LogP contribution in [0, 0.1) is 0 Å². The number of hydrogen-bond acceptors (Lipinski definition) is 4. The van der Waals surface area contributed by atoms with Gasteiger partial charge in [0.1, 0.15) is 0 Å². The number of rotatable bonds is 0. The van der Waals surface area contributed by atoms with Crippen molar-refractivity contribution in [2.75, 3.05) is 50.9 Å². The van der Waals surface area contributed by atoms with E-state index in [0.717, 1.165) is 19.5 Å². The lowest BCUT2D eigenvalue weighted by atomic mass is 10.2. The second-order valence-electron chi connectivity index (χ2n) is 5.74. The Kier molecular flexibility index (Phi) is 6.24. The van der Waals surface area contributed by atoms with Crippen molar-refractivity contribution < 1.29 is 9.59 Å². The van der Waals surface area contributed by atoms with Crippen LogP contribution in [-0.2, 0) is 9.59 Å². The van der Waals surface area contributed by atoms with Gasteiger partial charge in [-0.1, -0.05) is 23.2 Å². The lowest BCUT2D eigenvalue weighted by Crippen LogP contribution is -2.33. The van der Waals surface area contributed by atoms with Gasteiger partial charge in [0.2, 0.25) is 11.8 Å². The third-order valence-electron chi connectivity index (χ3n) is 3.52. The van der Waals surface area contributed by atoms with Crippen LogP contribution < -0.4 is 10.6 Å². The molecule has 1 aromatic carbocycles. The Morgan fingerprint density at radius 1 is 0.870 bits per heavy atom. The van der Waals surface area contributed by atoms with Crippen LogP contribution >= 0.6 is 23.2 Å². The van der Waals surface area contributed by atoms with Crippen LogP contribution in [0.2, 0.25) is 10.0 Å². The van der Waals surface area contributed by atoms with Crippen LogP contribution in [-0.4, -0.2) is 61.9 Å². The molecule has 0 bridgehead atoms. The first kappa shape index (κ1) is 18.0. The maximum atomic E-state index is 12.1. The summed E-state index contributed by atoms with van der Waals surface area (Å²) >= 11 is 12.0. The molecule has 1 aliphatic heterocycles. The number of nitrogens with zero attached hydrogens (tertiary/aromatic N) is 2. The molecule has 0 fully saturated rings. The van der Waals surface area contributed by atoms with E-state index in [2.05, 4.69) is 10.6 Å². The number of fused-ring (bicyclic) bond motifs is 1. The summed E-state index contributed by atoms with van der Waals surface area (Å²) in [5.74, 6) is -0.344. The van der Waals surface area contributed by atoms with Crippen LogP contribution in [0.1, 0.15) is 6.42 Å². The molecule has 0 saturated heterocycles. The fraction of sp³-hybridized carbons (Fsp3) is 0.467. The summed E-state index contributed by atoms with van der Waals surface area (Å²) in [6, 6.07) is 3.08. The molecule has 0 aromatic heterocycles. The summed E-state index contributed by atoms with van der Waals surface area (Å²) in [5, 5.41) is 6.18. The van der Waals surface area contributed by atoms with Crippen molar-refractivity contribution in [1.29, 1.82) is 0 Å². The molecule has 8 heteroatoms. The lowest BCUT2D eigenvalue weighted by molar-refractivity contribution is -0.117. The molecular weight excluding hydrogens is 339 g/mol. The molecule has 1 aliphatic rings. The number of hydrogen-bond donors (Lipinski definition) is 2. The number of likely N-dealkylation sites (N-methyl/N-ethyl adjacent to an activating group) is 2. The van der Waals surface area contributed by atoms with Gasteiger partial charge < -0.3 is 10.6 Å². The molecule has 0 spiro atoms. The Labute approximate surface area is 145 Å². The van der Waals surface area contributed by atoms with Crippen LogP contribution in [0.3, 0.4) is 0 Å². The normalized spacial score (nSPS) is 19.0. The van der Waals surface area contributed by atoms with Gasteiger partial charge in [0.15, 0.2) is 0 Å². The molecule has 0 saturated carbocycles. The highest BCUT2D eigenvalue weighted by Gasteiger charge is 2.16. The zero-order valence-corrected chi connectivity index (χ0v) is 14.7. The van der Waals surface area contributed by atoms with Crippen molar-refractivity contribution in [1.82, 2.24) is 9.80 Å². The molecule has 2 N–H and O–H groups in total. The van der Waals surface area contributed by atoms with Crippen molar-refractivity contribution in [2.24, 2.45) is 0 Å². The Balaban J connectivity index is 2.30. The summed E-state index contributed by atoms with van der Waals surface area (Å²) < 4.78 is 0. The first-order valence-corrected chi connectivity index (χ1v) is 8.06. The number of halogens is 2. The monoisotopic (exact) mass is 358 g/mol. The van der Waals surface area contributed by atoms with E-state index in [9.17, 15) is 9.59 Å². The molecule has 23 heavy (non-hydrogen) atoms. The second kappa shape index (κ2) is 7.97. The minimum atomic E-state index is -0.172. The Bertz CT molecular complexity index is 558. The fourth-order valence-electron chi connectivity index (χ4n) is 2.39. The molecule has 0 unspecified atom stereocenters. The van der Waals surface area contributed by atoms with Crippen molar-refractivity contribution in [3.63, 3.8) is 0 Å². The fourth-order valence-corrected chi connectivity index (χ4v) is 2.72. The average molecular weight is 359 g/mol. The van der Waals surface area contributed by atoms with Gasteiger partial charge in [-0.05, 0) is 45.7 Å². The highest BCUT2D eigenvalue weighted by molar-refractivity contribution is 6.42. The average Bonchev–Trinajstić information content (AvgIpc) is 2.43. The summed E-state index contributed by atoms with van der Waals surface area (Å²) in [6.07, 6.45) is 0.873. The highest BCUT2D eigenvalue weighted by atomic mass is 35.5. The zero-order valence-electron chi connectivity index (χ0n) is 13.2. The number of nitrogens with one attached hydrogen (secondary N) is 2. The van der Waals surface area contributed by atoms with E-state index >= 15 is 0 Å². The van der Waals surface area contributed by atoms with Gasteiger partial charge in [0, 0.05) is 0 Å². The molecule has 126 valence electrons. The molecule has 1 heterocycles. The molecule has 6 nitrogen and oxygen atoms in total. The zero-order chi connectivity index (χ0) is 17.0. The van der Waals surface area contributed by atoms with Crippen molar-refractivity contribution in [2.45, 2.75) is 6.42 Å². The Hall–Kier alpha value is -1.34. The first-order valence-electron chi connectivity index (χ1n) is 7.31. The number of benzene rings is 1. The summed E-state index contributed by atoms with van der Waals surface area (Å²) in [6.45, 7) is 2.07. The third kappa shape index (κ3) is 5.35. The van der Waals surface area contributed by atoms with Crippen LogP contribution in [0.25, 0.3) is 0 Å². The predicted octanol–water partition coefficient (Wildman–Crippen LogP) is 2.14. The van der Waals surface area contributed by atoms with E-state index in [-0.39, 0.29) is 24.9 Å². The maximum absolute atomic E-state index is 12.1. The SMILES string of the molecule is CN1CCCN(C)CC(=O)Nc2cc(Cl)c(Cl)cc2NC(=O)C1. The first-order chi connectivity index (χ1) is 10.8. The van der Waals surface area contributed by atoms with Crippen LogP contribution in [0.5, 0.6) is 0 Å². The number of carbonyl (C=O) groups is 2.